The third-order valence-corrected chi connectivity index (χ3v) is 7.61. The number of hydrogen-bond acceptors (Lipinski definition) is 4. The Morgan fingerprint density at radius 1 is 1.17 bits per heavy atom. The number of aryl methyl sites for hydroxylation is 1. The van der Waals surface area contributed by atoms with E-state index in [1.807, 2.05) is 49.4 Å². The molecule has 0 saturated carbocycles. The van der Waals surface area contributed by atoms with E-state index in [0.717, 1.165) is 26.3 Å². The van der Waals surface area contributed by atoms with Crippen LogP contribution in [-0.4, -0.2) is 41.0 Å². The van der Waals surface area contributed by atoms with E-state index in [1.54, 1.807) is 4.90 Å². The fraction of sp³-hybridized carbons (Fsp3) is 0.318. The number of benzene rings is 2. The zero-order valence-electron chi connectivity index (χ0n) is 16.5. The second-order valence-corrected chi connectivity index (χ2v) is 9.54. The van der Waals surface area contributed by atoms with Crippen LogP contribution in [0.1, 0.15) is 18.4 Å². The Morgan fingerprint density at radius 2 is 1.90 bits per heavy atom. The van der Waals surface area contributed by atoms with Crippen LogP contribution in [-0.2, 0) is 14.4 Å². The number of amides is 3. The second kappa shape index (κ2) is 8.81. The van der Waals surface area contributed by atoms with Crippen LogP contribution < -0.4 is 10.6 Å². The number of carbonyl (C=O) groups excluding carboxylic acids is 3. The highest BCUT2D eigenvalue weighted by Crippen LogP contribution is 2.36. The van der Waals surface area contributed by atoms with E-state index >= 15 is 0 Å². The number of thioether (sulfide) groups is 1. The molecule has 2 heterocycles. The summed E-state index contributed by atoms with van der Waals surface area (Å²) < 4.78 is 1.000. The summed E-state index contributed by atoms with van der Waals surface area (Å²) in [5.74, 6) is -0.641. The lowest BCUT2D eigenvalue weighted by Gasteiger charge is -2.34. The van der Waals surface area contributed by atoms with Gasteiger partial charge >= 0.3 is 0 Å². The summed E-state index contributed by atoms with van der Waals surface area (Å²) in [6, 6.07) is 13.2. The molecule has 0 bridgehead atoms. The molecule has 2 aromatic rings. The Balaban J connectivity index is 1.34. The zero-order valence-corrected chi connectivity index (χ0v) is 18.9. The molecule has 2 aliphatic rings. The van der Waals surface area contributed by atoms with Crippen molar-refractivity contribution in [2.45, 2.75) is 29.9 Å². The van der Waals surface area contributed by atoms with Gasteiger partial charge in [-0.15, -0.1) is 11.8 Å². The number of piperidine rings is 1. The van der Waals surface area contributed by atoms with Crippen molar-refractivity contribution < 1.29 is 14.4 Å². The first-order valence-corrected chi connectivity index (χ1v) is 11.5. The lowest BCUT2D eigenvalue weighted by Crippen LogP contribution is -2.48. The molecule has 1 atom stereocenters. The molecule has 2 aromatic carbocycles. The highest BCUT2D eigenvalue weighted by molar-refractivity contribution is 9.10. The van der Waals surface area contributed by atoms with Crippen LogP contribution in [0.4, 0.5) is 11.4 Å². The topological polar surface area (TPSA) is 78.5 Å². The quantitative estimate of drug-likeness (QED) is 0.640. The summed E-state index contributed by atoms with van der Waals surface area (Å²) in [5.41, 5.74) is 2.57. The molecule has 1 saturated heterocycles. The fourth-order valence-corrected chi connectivity index (χ4v) is 5.03. The predicted molar refractivity (Wildman–Crippen MR) is 122 cm³/mol. The van der Waals surface area contributed by atoms with E-state index in [1.165, 1.54) is 11.8 Å². The lowest BCUT2D eigenvalue weighted by molar-refractivity contribution is -0.136. The molecular weight excluding hydrogens is 466 g/mol. The van der Waals surface area contributed by atoms with Crippen molar-refractivity contribution in [3.8, 4) is 0 Å². The van der Waals surface area contributed by atoms with Crippen LogP contribution in [0, 0.1) is 12.8 Å². The van der Waals surface area contributed by atoms with Crippen LogP contribution in [0.25, 0.3) is 0 Å². The summed E-state index contributed by atoms with van der Waals surface area (Å²) in [6.07, 6.45) is 1.17. The van der Waals surface area contributed by atoms with Crippen molar-refractivity contribution in [2.75, 3.05) is 23.7 Å². The third kappa shape index (κ3) is 4.39. The maximum atomic E-state index is 12.9. The number of nitrogens with zero attached hydrogens (tertiary/aromatic N) is 1. The average molecular weight is 488 g/mol. The minimum absolute atomic E-state index is 0.0254. The summed E-state index contributed by atoms with van der Waals surface area (Å²) in [4.78, 5) is 40.6. The molecular formula is C22H22BrN3O3S. The number of fused-ring (bicyclic) bond motifs is 1. The van der Waals surface area contributed by atoms with Crippen LogP contribution in [0.15, 0.2) is 51.8 Å². The summed E-state index contributed by atoms with van der Waals surface area (Å²) in [6.45, 7) is 2.92. The standard InChI is InChI=1S/C22H22BrN3O3S/c1-13-12-15(6-7-16(13)23)24-20(27)14-8-10-26(11-9-14)22(29)19-21(28)25-17-4-2-3-5-18(17)30-19/h2-7,12,14,19H,8-11H2,1H3,(H,24,27)(H,25,28). The lowest BCUT2D eigenvalue weighted by atomic mass is 9.95. The van der Waals surface area contributed by atoms with Gasteiger partial charge < -0.3 is 15.5 Å². The molecule has 1 fully saturated rings. The van der Waals surface area contributed by atoms with Gasteiger partial charge in [0.15, 0.2) is 5.25 Å². The number of likely N-dealkylation sites (tertiary alicyclic amines) is 1. The van der Waals surface area contributed by atoms with Crippen molar-refractivity contribution in [1.29, 1.82) is 0 Å². The molecule has 3 amide bonds. The van der Waals surface area contributed by atoms with E-state index in [0.29, 0.717) is 25.9 Å². The smallest absolute Gasteiger partial charge is 0.247 e. The molecule has 2 N–H and O–H groups in total. The predicted octanol–water partition coefficient (Wildman–Crippen LogP) is 4.05. The number of rotatable bonds is 3. The maximum Gasteiger partial charge on any atom is 0.247 e. The van der Waals surface area contributed by atoms with Gasteiger partial charge in [0.1, 0.15) is 0 Å². The van der Waals surface area contributed by atoms with Crippen LogP contribution in [0.3, 0.4) is 0 Å². The van der Waals surface area contributed by atoms with Gasteiger partial charge in [-0.3, -0.25) is 14.4 Å². The normalized spacial score (nSPS) is 19.1. The van der Waals surface area contributed by atoms with Gasteiger partial charge in [0.2, 0.25) is 17.7 Å². The largest absolute Gasteiger partial charge is 0.341 e. The zero-order chi connectivity index (χ0) is 21.3. The van der Waals surface area contributed by atoms with Crippen molar-refractivity contribution in [1.82, 2.24) is 4.90 Å². The Morgan fingerprint density at radius 3 is 2.63 bits per heavy atom. The van der Waals surface area contributed by atoms with Crippen molar-refractivity contribution in [2.24, 2.45) is 5.92 Å². The Labute approximate surface area is 187 Å². The van der Waals surface area contributed by atoms with E-state index in [2.05, 4.69) is 26.6 Å². The number of hydrogen-bond donors (Lipinski definition) is 2. The molecule has 0 spiro atoms. The van der Waals surface area contributed by atoms with Crippen molar-refractivity contribution in [3.63, 3.8) is 0 Å². The van der Waals surface area contributed by atoms with Gasteiger partial charge in [-0.25, -0.2) is 0 Å². The van der Waals surface area contributed by atoms with Gasteiger partial charge in [-0.1, -0.05) is 28.1 Å². The number of para-hydroxylation sites is 1. The molecule has 0 aromatic heterocycles. The second-order valence-electron chi connectivity index (χ2n) is 7.54. The van der Waals surface area contributed by atoms with Gasteiger partial charge in [-0.2, -0.15) is 0 Å². The highest BCUT2D eigenvalue weighted by Gasteiger charge is 2.37. The van der Waals surface area contributed by atoms with E-state index in [9.17, 15) is 14.4 Å². The Bertz CT molecular complexity index is 1000. The van der Waals surface area contributed by atoms with E-state index in [-0.39, 0.29) is 23.6 Å². The first kappa shape index (κ1) is 20.9. The molecule has 8 heteroatoms. The van der Waals surface area contributed by atoms with Crippen molar-refractivity contribution >= 4 is 56.8 Å². The molecule has 4 rings (SSSR count). The number of halogens is 1. The molecule has 2 aliphatic heterocycles. The number of anilines is 2. The summed E-state index contributed by atoms with van der Waals surface area (Å²) in [5, 5.41) is 5.01. The van der Waals surface area contributed by atoms with Gasteiger partial charge in [-0.05, 0) is 55.7 Å². The minimum atomic E-state index is -0.781. The molecule has 30 heavy (non-hydrogen) atoms. The van der Waals surface area contributed by atoms with Crippen LogP contribution >= 0.6 is 27.7 Å². The van der Waals surface area contributed by atoms with Crippen molar-refractivity contribution in [3.05, 3.63) is 52.5 Å². The Kier molecular flexibility index (Phi) is 6.15. The van der Waals surface area contributed by atoms with Crippen LogP contribution in [0.5, 0.6) is 0 Å². The third-order valence-electron chi connectivity index (χ3n) is 5.46. The highest BCUT2D eigenvalue weighted by atomic mass is 79.9. The van der Waals surface area contributed by atoms with Crippen LogP contribution in [0.2, 0.25) is 0 Å². The Hall–Kier alpha value is -2.32. The summed E-state index contributed by atoms with van der Waals surface area (Å²) >= 11 is 4.75. The molecule has 0 radical (unpaired) electrons. The molecule has 0 aliphatic carbocycles. The first-order chi connectivity index (χ1) is 14.4. The number of nitrogens with one attached hydrogen (secondary N) is 2. The minimum Gasteiger partial charge on any atom is -0.341 e. The average Bonchev–Trinajstić information content (AvgIpc) is 2.75. The molecule has 156 valence electrons. The van der Waals surface area contributed by atoms with Gasteiger partial charge in [0, 0.05) is 34.1 Å². The molecule has 6 nitrogen and oxygen atoms in total. The van der Waals surface area contributed by atoms with Gasteiger partial charge in [0.05, 0.1) is 5.69 Å². The number of carbonyl (C=O) groups is 3. The first-order valence-electron chi connectivity index (χ1n) is 9.85. The monoisotopic (exact) mass is 487 g/mol. The van der Waals surface area contributed by atoms with Gasteiger partial charge in [0.25, 0.3) is 0 Å². The van der Waals surface area contributed by atoms with E-state index < -0.39 is 5.25 Å². The van der Waals surface area contributed by atoms with E-state index in [4.69, 9.17) is 0 Å². The SMILES string of the molecule is Cc1cc(NC(=O)C2CCN(C(=O)C3Sc4ccccc4NC3=O)CC2)ccc1Br. The maximum absolute atomic E-state index is 12.9. The summed E-state index contributed by atoms with van der Waals surface area (Å²) in [7, 11) is 0. The molecule has 1 unspecified atom stereocenters. The fourth-order valence-electron chi connectivity index (χ4n) is 3.71.